The first-order valence-electron chi connectivity index (χ1n) is 13.3. The fourth-order valence-electron chi connectivity index (χ4n) is 6.30. The number of hydrogen-bond donors (Lipinski definition) is 0. The van der Waals surface area contributed by atoms with Gasteiger partial charge in [0.15, 0.2) is 0 Å². The van der Waals surface area contributed by atoms with Crippen LogP contribution in [-0.4, -0.2) is 0 Å². The van der Waals surface area contributed by atoms with E-state index in [9.17, 15) is 0 Å². The van der Waals surface area contributed by atoms with E-state index >= 15 is 0 Å². The van der Waals surface area contributed by atoms with Crippen molar-refractivity contribution in [2.45, 2.75) is 5.41 Å². The van der Waals surface area contributed by atoms with Gasteiger partial charge in [0, 0.05) is 21.9 Å². The van der Waals surface area contributed by atoms with Gasteiger partial charge in [-0.1, -0.05) is 115 Å². The molecule has 2 heterocycles. The number of para-hydroxylation sites is 2. The number of fused-ring (bicyclic) bond motifs is 5. The first-order chi connectivity index (χ1) is 19.3. The van der Waals surface area contributed by atoms with Crippen LogP contribution in [0.3, 0.4) is 0 Å². The summed E-state index contributed by atoms with van der Waals surface area (Å²) in [6, 6.07) is 51.2. The van der Waals surface area contributed by atoms with Crippen molar-refractivity contribution < 1.29 is 9.15 Å². The van der Waals surface area contributed by atoms with E-state index in [0.29, 0.717) is 0 Å². The van der Waals surface area contributed by atoms with Gasteiger partial charge in [0.05, 0.1) is 5.41 Å². The minimum Gasteiger partial charge on any atom is -0.457 e. The van der Waals surface area contributed by atoms with Crippen molar-refractivity contribution in [3.63, 3.8) is 0 Å². The molecule has 0 saturated heterocycles. The van der Waals surface area contributed by atoms with Crippen molar-refractivity contribution in [1.29, 1.82) is 0 Å². The summed E-state index contributed by atoms with van der Waals surface area (Å²) in [6.07, 6.45) is 0. The Labute approximate surface area is 226 Å². The molecule has 39 heavy (non-hydrogen) atoms. The van der Waals surface area contributed by atoms with E-state index in [-0.39, 0.29) is 0 Å². The molecule has 2 heteroatoms. The summed E-state index contributed by atoms with van der Waals surface area (Å²) < 4.78 is 12.8. The van der Waals surface area contributed by atoms with Crippen LogP contribution in [0.2, 0.25) is 0 Å². The third kappa shape index (κ3) is 3.22. The Bertz CT molecular complexity index is 1940. The zero-order chi connectivity index (χ0) is 25.8. The van der Waals surface area contributed by atoms with Crippen LogP contribution in [0.1, 0.15) is 22.3 Å². The lowest BCUT2D eigenvalue weighted by Gasteiger charge is -2.41. The number of furan rings is 1. The summed E-state index contributed by atoms with van der Waals surface area (Å²) in [5.74, 6) is 1.74. The Morgan fingerprint density at radius 3 is 1.79 bits per heavy atom. The molecule has 0 saturated carbocycles. The molecular formula is C37H24O2. The molecule has 1 aliphatic heterocycles. The second kappa shape index (κ2) is 8.47. The van der Waals surface area contributed by atoms with Crippen molar-refractivity contribution in [2.75, 3.05) is 0 Å². The minimum atomic E-state index is -0.506. The van der Waals surface area contributed by atoms with Gasteiger partial charge in [-0.25, -0.2) is 0 Å². The monoisotopic (exact) mass is 500 g/mol. The number of hydrogen-bond acceptors (Lipinski definition) is 2. The normalized spacial score (nSPS) is 13.5. The highest BCUT2D eigenvalue weighted by molar-refractivity contribution is 6.05. The highest BCUT2D eigenvalue weighted by Crippen LogP contribution is 2.55. The predicted octanol–water partition coefficient (Wildman–Crippen LogP) is 9.74. The van der Waals surface area contributed by atoms with E-state index in [1.165, 1.54) is 11.1 Å². The smallest absolute Gasteiger partial charge is 0.136 e. The van der Waals surface area contributed by atoms with Crippen molar-refractivity contribution in [2.24, 2.45) is 0 Å². The fourth-order valence-corrected chi connectivity index (χ4v) is 6.30. The van der Waals surface area contributed by atoms with E-state index in [1.54, 1.807) is 0 Å². The van der Waals surface area contributed by atoms with Gasteiger partial charge in [-0.15, -0.1) is 0 Å². The van der Waals surface area contributed by atoms with Crippen LogP contribution in [0.4, 0.5) is 0 Å². The SMILES string of the molecule is c1ccc(C2(c3ccccc3)c3ccccc3Oc3cc(-c4ccc5c(c4)oc4ccccc45)ccc32)cc1. The van der Waals surface area contributed by atoms with E-state index < -0.39 is 5.41 Å². The third-order valence-corrected chi connectivity index (χ3v) is 8.02. The second-order valence-corrected chi connectivity index (χ2v) is 10.1. The number of rotatable bonds is 3. The summed E-state index contributed by atoms with van der Waals surface area (Å²) in [5, 5.41) is 2.27. The van der Waals surface area contributed by atoms with Crippen LogP contribution in [-0.2, 0) is 5.41 Å². The molecule has 0 atom stereocenters. The van der Waals surface area contributed by atoms with Crippen LogP contribution in [0.5, 0.6) is 11.5 Å². The van der Waals surface area contributed by atoms with Gasteiger partial charge < -0.3 is 9.15 Å². The van der Waals surface area contributed by atoms with E-state index in [2.05, 4.69) is 127 Å². The summed E-state index contributed by atoms with van der Waals surface area (Å²) in [4.78, 5) is 0. The maximum atomic E-state index is 6.65. The van der Waals surface area contributed by atoms with Gasteiger partial charge in [-0.05, 0) is 52.6 Å². The lowest BCUT2D eigenvalue weighted by atomic mass is 9.63. The van der Waals surface area contributed by atoms with Crippen LogP contribution >= 0.6 is 0 Å². The van der Waals surface area contributed by atoms with Gasteiger partial charge in [0.2, 0.25) is 0 Å². The largest absolute Gasteiger partial charge is 0.457 e. The summed E-state index contributed by atoms with van der Waals surface area (Å²) >= 11 is 0. The lowest BCUT2D eigenvalue weighted by molar-refractivity contribution is 0.435. The first-order valence-corrected chi connectivity index (χ1v) is 13.3. The molecule has 0 spiro atoms. The Hall–Kier alpha value is -5.08. The minimum absolute atomic E-state index is 0.506. The number of benzene rings is 6. The van der Waals surface area contributed by atoms with Crippen LogP contribution in [0.15, 0.2) is 150 Å². The third-order valence-electron chi connectivity index (χ3n) is 8.02. The van der Waals surface area contributed by atoms with Gasteiger partial charge in [0.25, 0.3) is 0 Å². The Morgan fingerprint density at radius 1 is 0.410 bits per heavy atom. The molecule has 0 aliphatic carbocycles. The molecule has 0 unspecified atom stereocenters. The van der Waals surface area contributed by atoms with Crippen molar-refractivity contribution in [3.05, 3.63) is 168 Å². The lowest BCUT2D eigenvalue weighted by Crippen LogP contribution is -2.34. The standard InChI is InChI=1S/C37H24O2/c1-3-11-27(12-4-1)37(28-13-5-2-6-14-28)31-16-8-10-18-34(31)39-36-24-26(20-22-32(36)37)25-19-21-30-29-15-7-9-17-33(29)38-35(30)23-25/h1-24H. The van der Waals surface area contributed by atoms with Crippen LogP contribution in [0, 0.1) is 0 Å². The molecule has 0 amide bonds. The molecule has 0 N–H and O–H groups in total. The average molecular weight is 501 g/mol. The summed E-state index contributed by atoms with van der Waals surface area (Å²) in [6.45, 7) is 0. The van der Waals surface area contributed by atoms with E-state index in [0.717, 1.165) is 55.7 Å². The predicted molar refractivity (Wildman–Crippen MR) is 158 cm³/mol. The topological polar surface area (TPSA) is 22.4 Å². The molecule has 1 aromatic heterocycles. The summed E-state index contributed by atoms with van der Waals surface area (Å²) in [5.41, 5.74) is 8.18. The van der Waals surface area contributed by atoms with Gasteiger partial charge >= 0.3 is 0 Å². The number of ether oxygens (including phenoxy) is 1. The molecule has 1 aliphatic rings. The zero-order valence-electron chi connectivity index (χ0n) is 21.2. The Morgan fingerprint density at radius 2 is 1.00 bits per heavy atom. The maximum Gasteiger partial charge on any atom is 0.136 e. The first kappa shape index (κ1) is 22.0. The molecule has 6 aromatic carbocycles. The molecular weight excluding hydrogens is 476 g/mol. The average Bonchev–Trinajstić information content (AvgIpc) is 3.38. The molecule has 184 valence electrons. The summed E-state index contributed by atoms with van der Waals surface area (Å²) in [7, 11) is 0. The quantitative estimate of drug-likeness (QED) is 0.241. The highest BCUT2D eigenvalue weighted by atomic mass is 16.5. The molecule has 2 nitrogen and oxygen atoms in total. The van der Waals surface area contributed by atoms with Crippen molar-refractivity contribution in [1.82, 2.24) is 0 Å². The van der Waals surface area contributed by atoms with E-state index in [4.69, 9.17) is 9.15 Å². The highest BCUT2D eigenvalue weighted by Gasteiger charge is 2.45. The Balaban J connectivity index is 1.37. The molecule has 8 rings (SSSR count). The zero-order valence-corrected chi connectivity index (χ0v) is 21.2. The molecule has 0 radical (unpaired) electrons. The maximum absolute atomic E-state index is 6.65. The van der Waals surface area contributed by atoms with Crippen molar-refractivity contribution in [3.8, 4) is 22.6 Å². The molecule has 0 bridgehead atoms. The van der Waals surface area contributed by atoms with Crippen molar-refractivity contribution >= 4 is 21.9 Å². The van der Waals surface area contributed by atoms with E-state index in [1.807, 2.05) is 18.2 Å². The van der Waals surface area contributed by atoms with Gasteiger partial charge in [0.1, 0.15) is 22.7 Å². The fraction of sp³-hybridized carbons (Fsp3) is 0.0270. The second-order valence-electron chi connectivity index (χ2n) is 10.1. The Kier molecular flexibility index (Phi) is 4.77. The molecule has 0 fully saturated rings. The van der Waals surface area contributed by atoms with Gasteiger partial charge in [-0.2, -0.15) is 0 Å². The molecule has 7 aromatic rings. The van der Waals surface area contributed by atoms with Crippen LogP contribution in [0.25, 0.3) is 33.1 Å². The van der Waals surface area contributed by atoms with Crippen LogP contribution < -0.4 is 4.74 Å². The van der Waals surface area contributed by atoms with Gasteiger partial charge in [-0.3, -0.25) is 0 Å².